The predicted octanol–water partition coefficient (Wildman–Crippen LogP) is 3.50. The molecule has 0 saturated heterocycles. The van der Waals surface area contributed by atoms with Crippen LogP contribution in [0.25, 0.3) is 10.2 Å². The molecular weight excluding hydrogens is 234 g/mol. The van der Waals surface area contributed by atoms with Gasteiger partial charge in [-0.1, -0.05) is 28.1 Å². The van der Waals surface area contributed by atoms with E-state index in [1.807, 2.05) is 6.92 Å². The van der Waals surface area contributed by atoms with Crippen molar-refractivity contribution in [3.8, 4) is 0 Å². The number of rotatable bonds is 1. The molecular formula is C9H8BrNS. The van der Waals surface area contributed by atoms with Crippen LogP contribution in [0.4, 0.5) is 0 Å². The first-order valence-electron chi connectivity index (χ1n) is 3.72. The highest BCUT2D eigenvalue weighted by molar-refractivity contribution is 9.08. The fourth-order valence-electron chi connectivity index (χ4n) is 1.22. The molecule has 1 aromatic carbocycles. The van der Waals surface area contributed by atoms with Gasteiger partial charge in [0.25, 0.3) is 0 Å². The van der Waals surface area contributed by atoms with Gasteiger partial charge in [-0.2, -0.15) is 0 Å². The van der Waals surface area contributed by atoms with Crippen LogP contribution in [0.2, 0.25) is 0 Å². The lowest BCUT2D eigenvalue weighted by molar-refractivity contribution is 1.34. The standard InChI is InChI=1S/C9H8BrNS/c1-6-11-8-4-2-3-7(5-10)9(8)12-6/h2-4H,5H2,1H3. The average molecular weight is 242 g/mol. The Bertz CT molecular complexity index is 408. The normalized spacial score (nSPS) is 10.8. The van der Waals surface area contributed by atoms with Crippen molar-refractivity contribution >= 4 is 37.5 Å². The largest absolute Gasteiger partial charge is 0.242 e. The Morgan fingerprint density at radius 1 is 1.50 bits per heavy atom. The molecule has 0 N–H and O–H groups in total. The van der Waals surface area contributed by atoms with E-state index in [2.05, 4.69) is 39.1 Å². The Balaban J connectivity index is 2.78. The first kappa shape index (κ1) is 8.20. The van der Waals surface area contributed by atoms with E-state index in [0.29, 0.717) is 0 Å². The summed E-state index contributed by atoms with van der Waals surface area (Å²) in [7, 11) is 0. The quantitative estimate of drug-likeness (QED) is 0.697. The highest BCUT2D eigenvalue weighted by Gasteiger charge is 2.03. The summed E-state index contributed by atoms with van der Waals surface area (Å²) < 4.78 is 1.31. The Labute approximate surface area is 83.6 Å². The van der Waals surface area contributed by atoms with Gasteiger partial charge in [-0.05, 0) is 18.6 Å². The summed E-state index contributed by atoms with van der Waals surface area (Å²) >= 11 is 5.23. The molecule has 12 heavy (non-hydrogen) atoms. The van der Waals surface area contributed by atoms with Crippen molar-refractivity contribution in [2.24, 2.45) is 0 Å². The molecule has 62 valence electrons. The van der Waals surface area contributed by atoms with Crippen LogP contribution in [0.1, 0.15) is 10.6 Å². The van der Waals surface area contributed by atoms with Crippen LogP contribution in [0.3, 0.4) is 0 Å². The van der Waals surface area contributed by atoms with Crippen LogP contribution in [-0.4, -0.2) is 4.98 Å². The molecule has 0 amide bonds. The van der Waals surface area contributed by atoms with Crippen molar-refractivity contribution in [1.29, 1.82) is 0 Å². The van der Waals surface area contributed by atoms with Gasteiger partial charge in [0.1, 0.15) is 0 Å². The van der Waals surface area contributed by atoms with Crippen molar-refractivity contribution in [3.05, 3.63) is 28.8 Å². The van der Waals surface area contributed by atoms with Crippen LogP contribution in [-0.2, 0) is 5.33 Å². The monoisotopic (exact) mass is 241 g/mol. The van der Waals surface area contributed by atoms with Crippen molar-refractivity contribution in [1.82, 2.24) is 4.98 Å². The zero-order valence-electron chi connectivity index (χ0n) is 6.67. The maximum atomic E-state index is 4.42. The lowest BCUT2D eigenvalue weighted by atomic mass is 10.2. The number of aryl methyl sites for hydroxylation is 1. The highest BCUT2D eigenvalue weighted by Crippen LogP contribution is 2.26. The van der Waals surface area contributed by atoms with E-state index in [-0.39, 0.29) is 0 Å². The van der Waals surface area contributed by atoms with Gasteiger partial charge < -0.3 is 0 Å². The number of hydrogen-bond donors (Lipinski definition) is 0. The van der Waals surface area contributed by atoms with Gasteiger partial charge >= 0.3 is 0 Å². The molecule has 1 heterocycles. The van der Waals surface area contributed by atoms with E-state index in [0.717, 1.165) is 15.9 Å². The molecule has 2 rings (SSSR count). The summed E-state index contributed by atoms with van der Waals surface area (Å²) in [4.78, 5) is 4.42. The molecule has 0 atom stereocenters. The van der Waals surface area contributed by atoms with Crippen LogP contribution < -0.4 is 0 Å². The Morgan fingerprint density at radius 3 is 3.08 bits per heavy atom. The molecule has 0 aliphatic carbocycles. The van der Waals surface area contributed by atoms with Crippen LogP contribution >= 0.6 is 27.3 Å². The minimum Gasteiger partial charge on any atom is -0.242 e. The second-order valence-corrected chi connectivity index (χ2v) is 4.40. The van der Waals surface area contributed by atoms with E-state index < -0.39 is 0 Å². The predicted molar refractivity (Wildman–Crippen MR) is 57.0 cm³/mol. The molecule has 1 aromatic heterocycles. The molecule has 0 radical (unpaired) electrons. The van der Waals surface area contributed by atoms with Gasteiger partial charge in [0.05, 0.1) is 15.2 Å². The lowest BCUT2D eigenvalue weighted by Gasteiger charge is -1.94. The molecule has 0 fully saturated rings. The first-order chi connectivity index (χ1) is 5.81. The van der Waals surface area contributed by atoms with Crippen molar-refractivity contribution in [2.45, 2.75) is 12.3 Å². The summed E-state index contributed by atoms with van der Waals surface area (Å²) in [5.74, 6) is 0. The Kier molecular flexibility index (Phi) is 2.15. The molecule has 1 nitrogen and oxygen atoms in total. The minimum atomic E-state index is 0.909. The fraction of sp³-hybridized carbons (Fsp3) is 0.222. The Morgan fingerprint density at radius 2 is 2.33 bits per heavy atom. The third kappa shape index (κ3) is 1.27. The molecule has 0 bridgehead atoms. The number of alkyl halides is 1. The third-order valence-electron chi connectivity index (χ3n) is 1.75. The van der Waals surface area contributed by atoms with Gasteiger partial charge in [-0.25, -0.2) is 4.98 Å². The molecule has 0 aliphatic rings. The summed E-state index contributed by atoms with van der Waals surface area (Å²) in [6.45, 7) is 2.04. The van der Waals surface area contributed by atoms with E-state index in [9.17, 15) is 0 Å². The molecule has 3 heteroatoms. The van der Waals surface area contributed by atoms with Crippen molar-refractivity contribution in [3.63, 3.8) is 0 Å². The van der Waals surface area contributed by atoms with Crippen LogP contribution in [0, 0.1) is 6.92 Å². The summed E-state index contributed by atoms with van der Waals surface area (Å²) in [5, 5.41) is 2.05. The van der Waals surface area contributed by atoms with E-state index >= 15 is 0 Å². The maximum absolute atomic E-state index is 4.42. The number of nitrogens with zero attached hydrogens (tertiary/aromatic N) is 1. The maximum Gasteiger partial charge on any atom is 0.0907 e. The van der Waals surface area contributed by atoms with Gasteiger partial charge in [-0.15, -0.1) is 11.3 Å². The summed E-state index contributed by atoms with van der Waals surface area (Å²) in [5.41, 5.74) is 2.45. The van der Waals surface area contributed by atoms with E-state index in [1.165, 1.54) is 10.3 Å². The average Bonchev–Trinajstić information content (AvgIpc) is 2.44. The van der Waals surface area contributed by atoms with Gasteiger partial charge in [0, 0.05) is 5.33 Å². The number of aromatic nitrogens is 1. The SMILES string of the molecule is Cc1nc2cccc(CBr)c2s1. The van der Waals surface area contributed by atoms with E-state index in [4.69, 9.17) is 0 Å². The van der Waals surface area contributed by atoms with Crippen LogP contribution in [0.15, 0.2) is 18.2 Å². The number of thiazole rings is 1. The second kappa shape index (κ2) is 3.15. The van der Waals surface area contributed by atoms with E-state index in [1.54, 1.807) is 11.3 Å². The fourth-order valence-corrected chi connectivity index (χ4v) is 2.80. The number of hydrogen-bond acceptors (Lipinski definition) is 2. The lowest BCUT2D eigenvalue weighted by Crippen LogP contribution is -1.76. The van der Waals surface area contributed by atoms with Crippen LogP contribution in [0.5, 0.6) is 0 Å². The number of fused-ring (bicyclic) bond motifs is 1. The second-order valence-electron chi connectivity index (χ2n) is 2.63. The van der Waals surface area contributed by atoms with Crippen molar-refractivity contribution in [2.75, 3.05) is 0 Å². The molecule has 0 saturated carbocycles. The zero-order chi connectivity index (χ0) is 8.55. The summed E-state index contributed by atoms with van der Waals surface area (Å²) in [6, 6.07) is 6.25. The molecule has 0 unspecified atom stereocenters. The number of halogens is 1. The van der Waals surface area contributed by atoms with Gasteiger partial charge in [0.15, 0.2) is 0 Å². The van der Waals surface area contributed by atoms with Gasteiger partial charge in [0.2, 0.25) is 0 Å². The smallest absolute Gasteiger partial charge is 0.0907 e. The number of benzene rings is 1. The molecule has 0 aliphatic heterocycles. The van der Waals surface area contributed by atoms with Crippen molar-refractivity contribution < 1.29 is 0 Å². The highest BCUT2D eigenvalue weighted by atomic mass is 79.9. The summed E-state index contributed by atoms with van der Waals surface area (Å²) in [6.07, 6.45) is 0. The minimum absolute atomic E-state index is 0.909. The topological polar surface area (TPSA) is 12.9 Å². The molecule has 0 spiro atoms. The Hall–Kier alpha value is -0.410. The van der Waals surface area contributed by atoms with Gasteiger partial charge in [-0.3, -0.25) is 0 Å². The first-order valence-corrected chi connectivity index (χ1v) is 5.66. The third-order valence-corrected chi connectivity index (χ3v) is 3.41. The zero-order valence-corrected chi connectivity index (χ0v) is 9.08. The molecule has 2 aromatic rings.